The second-order valence-corrected chi connectivity index (χ2v) is 10.9. The van der Waals surface area contributed by atoms with Gasteiger partial charge >= 0.3 is 6.11 Å². The van der Waals surface area contributed by atoms with E-state index in [0.717, 1.165) is 48.3 Å². The maximum absolute atomic E-state index is 14.4. The summed E-state index contributed by atoms with van der Waals surface area (Å²) in [5.41, 5.74) is 1.15. The Morgan fingerprint density at radius 2 is 1.29 bits per heavy atom. The average molecular weight is 537 g/mol. The second-order valence-electron chi connectivity index (χ2n) is 10.9. The molecule has 2 aromatic carbocycles. The molecule has 7 heteroatoms. The van der Waals surface area contributed by atoms with Gasteiger partial charge in [0.1, 0.15) is 5.75 Å². The predicted molar refractivity (Wildman–Crippen MR) is 140 cm³/mol. The first-order valence-electron chi connectivity index (χ1n) is 14.2. The number of benzene rings is 2. The van der Waals surface area contributed by atoms with E-state index >= 15 is 0 Å². The molecule has 0 atom stereocenters. The van der Waals surface area contributed by atoms with Crippen molar-refractivity contribution in [2.75, 3.05) is 13.2 Å². The molecule has 2 fully saturated rings. The topological polar surface area (TPSA) is 27.7 Å². The van der Waals surface area contributed by atoms with Crippen LogP contribution in [0.25, 0.3) is 0 Å². The first-order chi connectivity index (χ1) is 18.3. The lowest BCUT2D eigenvalue weighted by molar-refractivity contribution is -0.195. The molecule has 4 rings (SSSR count). The minimum absolute atomic E-state index is 0.00165. The second kappa shape index (κ2) is 13.1. The fourth-order valence-corrected chi connectivity index (χ4v) is 6.34. The molecule has 2 aliphatic rings. The van der Waals surface area contributed by atoms with Gasteiger partial charge in [-0.1, -0.05) is 44.7 Å². The van der Waals surface area contributed by atoms with Crippen LogP contribution in [0.2, 0.25) is 0 Å². The van der Waals surface area contributed by atoms with Gasteiger partial charge in [0.15, 0.2) is 18.1 Å². The Hall–Kier alpha value is -2.44. The van der Waals surface area contributed by atoms with Crippen molar-refractivity contribution in [2.24, 2.45) is 17.8 Å². The first-order valence-corrected chi connectivity index (χ1v) is 14.2. The van der Waals surface area contributed by atoms with Gasteiger partial charge in [0.2, 0.25) is 11.6 Å². The Bertz CT molecular complexity index is 1010. The molecule has 2 saturated carbocycles. The molecule has 0 spiro atoms. The van der Waals surface area contributed by atoms with E-state index in [1.165, 1.54) is 51.4 Å². The maximum atomic E-state index is 14.4. The Morgan fingerprint density at radius 1 is 0.737 bits per heavy atom. The molecule has 0 N–H and O–H groups in total. The zero-order valence-corrected chi connectivity index (χ0v) is 22.5. The van der Waals surface area contributed by atoms with Crippen molar-refractivity contribution >= 4 is 0 Å². The maximum Gasteiger partial charge on any atom is 0.432 e. The van der Waals surface area contributed by atoms with Crippen LogP contribution in [-0.2, 0) is 0 Å². The fraction of sp³-hybridized carbons (Fsp3) is 0.613. The number of ether oxygens (including phenoxy) is 3. The molecule has 2 aliphatic carbocycles. The molecule has 0 aromatic heterocycles. The third-order valence-corrected chi connectivity index (χ3v) is 8.35. The zero-order chi connectivity index (χ0) is 27.1. The van der Waals surface area contributed by atoms with Crippen LogP contribution >= 0.6 is 0 Å². The third-order valence-electron chi connectivity index (χ3n) is 8.35. The SMILES string of the molecule is CCCC1CCC(C2CCC(c3ccc(OC(F)(F)COc4ccc(OCC)c(F)c4F)cc3)CC2)CC1. The van der Waals surface area contributed by atoms with Gasteiger partial charge in [-0.15, -0.1) is 0 Å². The van der Waals surface area contributed by atoms with Crippen molar-refractivity contribution in [2.45, 2.75) is 90.1 Å². The highest BCUT2D eigenvalue weighted by Gasteiger charge is 2.34. The molecule has 0 radical (unpaired) electrons. The van der Waals surface area contributed by atoms with Crippen molar-refractivity contribution < 1.29 is 31.8 Å². The molecule has 2 aromatic rings. The molecule has 0 unspecified atom stereocenters. The lowest BCUT2D eigenvalue weighted by atomic mass is 9.68. The minimum atomic E-state index is -3.72. The summed E-state index contributed by atoms with van der Waals surface area (Å²) in [4.78, 5) is 0. The average Bonchev–Trinajstić information content (AvgIpc) is 2.92. The first kappa shape index (κ1) is 28.6. The van der Waals surface area contributed by atoms with Crippen LogP contribution in [0.1, 0.15) is 89.5 Å². The van der Waals surface area contributed by atoms with Crippen LogP contribution in [-0.4, -0.2) is 19.3 Å². The molecule has 0 bridgehead atoms. The highest BCUT2D eigenvalue weighted by molar-refractivity contribution is 5.35. The number of hydrogen-bond acceptors (Lipinski definition) is 3. The summed E-state index contributed by atoms with van der Waals surface area (Å²) in [6, 6.07) is 8.99. The van der Waals surface area contributed by atoms with Crippen LogP contribution in [0, 0.1) is 29.4 Å². The summed E-state index contributed by atoms with van der Waals surface area (Å²) < 4.78 is 71.5. The predicted octanol–water partition coefficient (Wildman–Crippen LogP) is 9.29. The molecule has 0 saturated heterocycles. The molecule has 210 valence electrons. The van der Waals surface area contributed by atoms with Crippen LogP contribution in [0.3, 0.4) is 0 Å². The summed E-state index contributed by atoms with van der Waals surface area (Å²) in [6.07, 6.45) is 9.23. The molecular formula is C31H40F4O3. The molecule has 0 amide bonds. The van der Waals surface area contributed by atoms with Gasteiger partial charge in [0, 0.05) is 0 Å². The van der Waals surface area contributed by atoms with E-state index in [-0.39, 0.29) is 18.1 Å². The molecular weight excluding hydrogens is 496 g/mol. The van der Waals surface area contributed by atoms with Crippen LogP contribution in [0.4, 0.5) is 17.6 Å². The highest BCUT2D eigenvalue weighted by atomic mass is 19.3. The number of hydrogen-bond donors (Lipinski definition) is 0. The van der Waals surface area contributed by atoms with Crippen molar-refractivity contribution in [3.05, 3.63) is 53.6 Å². The van der Waals surface area contributed by atoms with Gasteiger partial charge in [-0.3, -0.25) is 0 Å². The summed E-state index contributed by atoms with van der Waals surface area (Å²) >= 11 is 0. The van der Waals surface area contributed by atoms with E-state index in [4.69, 9.17) is 14.2 Å². The van der Waals surface area contributed by atoms with E-state index in [0.29, 0.717) is 5.92 Å². The van der Waals surface area contributed by atoms with Crippen molar-refractivity contribution in [3.8, 4) is 17.2 Å². The monoisotopic (exact) mass is 536 g/mol. The summed E-state index contributed by atoms with van der Waals surface area (Å²) in [5.74, 6) is -0.522. The zero-order valence-electron chi connectivity index (χ0n) is 22.5. The number of rotatable bonds is 11. The highest BCUT2D eigenvalue weighted by Crippen LogP contribution is 2.44. The Morgan fingerprint density at radius 3 is 1.84 bits per heavy atom. The van der Waals surface area contributed by atoms with Gasteiger partial charge < -0.3 is 14.2 Å². The third kappa shape index (κ3) is 7.35. The van der Waals surface area contributed by atoms with E-state index < -0.39 is 30.1 Å². The van der Waals surface area contributed by atoms with Gasteiger partial charge in [0.05, 0.1) is 6.61 Å². The van der Waals surface area contributed by atoms with Crippen molar-refractivity contribution in [1.29, 1.82) is 0 Å². The molecule has 38 heavy (non-hydrogen) atoms. The summed E-state index contributed by atoms with van der Waals surface area (Å²) in [5, 5.41) is 0. The number of alkyl halides is 2. The van der Waals surface area contributed by atoms with Crippen LogP contribution < -0.4 is 14.2 Å². The van der Waals surface area contributed by atoms with Crippen molar-refractivity contribution in [1.82, 2.24) is 0 Å². The molecule has 0 aliphatic heterocycles. The van der Waals surface area contributed by atoms with E-state index in [1.807, 2.05) is 12.1 Å². The quantitative estimate of drug-likeness (QED) is 0.268. The van der Waals surface area contributed by atoms with Crippen LogP contribution in [0.15, 0.2) is 36.4 Å². The molecule has 3 nitrogen and oxygen atoms in total. The standard InChI is InChI=1S/C31H40F4O3/c1-3-5-21-6-8-22(9-7-21)23-10-12-24(13-11-23)25-14-16-26(17-15-25)38-31(34,35)20-37-28-19-18-27(36-4-2)29(32)30(28)33/h14-19,21-24H,3-13,20H2,1-2H3. The smallest absolute Gasteiger partial charge is 0.432 e. The molecule has 0 heterocycles. The lowest BCUT2D eigenvalue weighted by Crippen LogP contribution is -2.32. The van der Waals surface area contributed by atoms with Gasteiger partial charge in [-0.25, -0.2) is 0 Å². The van der Waals surface area contributed by atoms with E-state index in [9.17, 15) is 17.6 Å². The minimum Gasteiger partial charge on any atom is -0.491 e. The van der Waals surface area contributed by atoms with Gasteiger partial charge in [-0.05, 0) is 98.9 Å². The lowest BCUT2D eigenvalue weighted by Gasteiger charge is -2.38. The largest absolute Gasteiger partial charge is 0.491 e. The summed E-state index contributed by atoms with van der Waals surface area (Å²) in [6.45, 7) is 2.78. The van der Waals surface area contributed by atoms with Crippen LogP contribution in [0.5, 0.6) is 17.2 Å². The van der Waals surface area contributed by atoms with E-state index in [2.05, 4.69) is 6.92 Å². The van der Waals surface area contributed by atoms with Crippen molar-refractivity contribution in [3.63, 3.8) is 0 Å². The van der Waals surface area contributed by atoms with Gasteiger partial charge in [-0.2, -0.15) is 17.6 Å². The Labute approximate surface area is 223 Å². The number of halogens is 4. The fourth-order valence-electron chi connectivity index (χ4n) is 6.34. The Balaban J connectivity index is 1.25. The van der Waals surface area contributed by atoms with Gasteiger partial charge in [0.25, 0.3) is 0 Å². The normalized spacial score (nSPS) is 24.2. The van der Waals surface area contributed by atoms with E-state index in [1.54, 1.807) is 19.1 Å². The summed E-state index contributed by atoms with van der Waals surface area (Å²) in [7, 11) is 0. The Kier molecular flexibility index (Phi) is 9.83.